The van der Waals surface area contributed by atoms with E-state index in [1.807, 2.05) is 20.8 Å². The highest BCUT2D eigenvalue weighted by Crippen LogP contribution is 2.18. The minimum Gasteiger partial charge on any atom is -0.462 e. The monoisotopic (exact) mass is 406 g/mol. The lowest BCUT2D eigenvalue weighted by molar-refractivity contribution is -0.138. The Kier molecular flexibility index (Phi) is 7.66. The first-order valence-electron chi connectivity index (χ1n) is 7.25. The van der Waals surface area contributed by atoms with Crippen molar-refractivity contribution in [2.45, 2.75) is 31.3 Å². The number of rotatable bonds is 3. The Morgan fingerprint density at radius 2 is 1.70 bits per heavy atom. The van der Waals surface area contributed by atoms with Crippen LogP contribution in [0.25, 0.3) is 0 Å². The minimum atomic E-state index is -3.31. The minimum absolute atomic E-state index is 0.318. The van der Waals surface area contributed by atoms with Gasteiger partial charge in [-0.15, -0.1) is 0 Å². The van der Waals surface area contributed by atoms with Crippen molar-refractivity contribution in [3.05, 3.63) is 28.7 Å². The number of benzene rings is 1. The first-order chi connectivity index (χ1) is 10.7. The Balaban J connectivity index is 0.000000322. The summed E-state index contributed by atoms with van der Waals surface area (Å²) in [4.78, 5) is 9.96. The van der Waals surface area contributed by atoms with E-state index in [0.717, 1.165) is 17.6 Å². The predicted octanol–water partition coefficient (Wildman–Crippen LogP) is 2.00. The fourth-order valence-corrected chi connectivity index (χ4v) is 3.49. The molecule has 0 amide bonds. The number of halogens is 1. The van der Waals surface area contributed by atoms with E-state index in [1.165, 1.54) is 4.31 Å². The molecule has 1 aliphatic heterocycles. The van der Waals surface area contributed by atoms with Crippen molar-refractivity contribution in [1.82, 2.24) is 9.62 Å². The second-order valence-electron chi connectivity index (χ2n) is 5.93. The van der Waals surface area contributed by atoms with E-state index in [0.29, 0.717) is 24.5 Å². The van der Waals surface area contributed by atoms with Crippen molar-refractivity contribution < 1.29 is 17.9 Å². The second-order valence-corrected chi connectivity index (χ2v) is 8.79. The maximum absolute atomic E-state index is 12.2. The lowest BCUT2D eigenvalue weighted by atomic mass is 10.2. The van der Waals surface area contributed by atoms with Crippen LogP contribution in [0, 0.1) is 0 Å². The molecular weight excluding hydrogens is 384 g/mol. The number of hydrogen-bond donors (Lipinski definition) is 1. The van der Waals surface area contributed by atoms with Gasteiger partial charge < -0.3 is 10.1 Å². The lowest BCUT2D eigenvalue weighted by Gasteiger charge is -2.26. The maximum Gasteiger partial charge on any atom is 0.293 e. The first kappa shape index (κ1) is 20.1. The van der Waals surface area contributed by atoms with Crippen LogP contribution in [0.5, 0.6) is 0 Å². The van der Waals surface area contributed by atoms with Crippen LogP contribution in [0.3, 0.4) is 0 Å². The largest absolute Gasteiger partial charge is 0.462 e. The molecule has 0 saturated carbocycles. The van der Waals surface area contributed by atoms with Crippen LogP contribution < -0.4 is 5.32 Å². The van der Waals surface area contributed by atoms with Crippen molar-refractivity contribution in [3.63, 3.8) is 0 Å². The van der Waals surface area contributed by atoms with Crippen LogP contribution >= 0.6 is 15.9 Å². The van der Waals surface area contributed by atoms with Crippen LogP contribution in [-0.2, 0) is 19.6 Å². The van der Waals surface area contributed by atoms with Crippen LogP contribution in [0.4, 0.5) is 0 Å². The first-order valence-corrected chi connectivity index (χ1v) is 9.48. The molecule has 2 rings (SSSR count). The third-order valence-electron chi connectivity index (χ3n) is 2.93. The molecule has 1 aromatic carbocycles. The molecule has 0 aromatic heterocycles. The average Bonchev–Trinajstić information content (AvgIpc) is 2.48. The van der Waals surface area contributed by atoms with Gasteiger partial charge in [0.1, 0.15) is 5.60 Å². The smallest absolute Gasteiger partial charge is 0.293 e. The summed E-state index contributed by atoms with van der Waals surface area (Å²) in [6.07, 6.45) is 0. The van der Waals surface area contributed by atoms with E-state index in [9.17, 15) is 13.2 Å². The second kappa shape index (κ2) is 8.77. The molecule has 1 saturated heterocycles. The quantitative estimate of drug-likeness (QED) is 0.776. The van der Waals surface area contributed by atoms with Gasteiger partial charge in [-0.05, 0) is 45.0 Å². The van der Waals surface area contributed by atoms with Crippen LogP contribution in [0.2, 0.25) is 0 Å². The number of carbonyl (C=O) groups is 1. The highest BCUT2D eigenvalue weighted by atomic mass is 79.9. The molecule has 1 aliphatic rings. The van der Waals surface area contributed by atoms with Crippen LogP contribution in [0.15, 0.2) is 33.6 Å². The summed E-state index contributed by atoms with van der Waals surface area (Å²) < 4.78 is 31.3. The predicted molar refractivity (Wildman–Crippen MR) is 92.7 cm³/mol. The molecule has 0 bridgehead atoms. The Morgan fingerprint density at radius 1 is 1.17 bits per heavy atom. The van der Waals surface area contributed by atoms with Gasteiger partial charge in [0.2, 0.25) is 10.0 Å². The van der Waals surface area contributed by atoms with Crippen LogP contribution in [0.1, 0.15) is 20.8 Å². The number of piperazine rings is 1. The van der Waals surface area contributed by atoms with Crippen molar-refractivity contribution in [2.24, 2.45) is 0 Å². The topological polar surface area (TPSA) is 75.7 Å². The van der Waals surface area contributed by atoms with Crippen molar-refractivity contribution in [1.29, 1.82) is 0 Å². The summed E-state index contributed by atoms with van der Waals surface area (Å²) in [6, 6.07) is 6.74. The number of sulfonamides is 1. The third kappa shape index (κ3) is 6.99. The number of hydrogen-bond acceptors (Lipinski definition) is 5. The van der Waals surface area contributed by atoms with Gasteiger partial charge in [0.25, 0.3) is 6.47 Å². The summed E-state index contributed by atoms with van der Waals surface area (Å²) in [5, 5.41) is 3.13. The van der Waals surface area contributed by atoms with E-state index < -0.39 is 10.0 Å². The molecule has 8 heteroatoms. The van der Waals surface area contributed by atoms with E-state index in [1.54, 1.807) is 24.3 Å². The molecule has 130 valence electrons. The summed E-state index contributed by atoms with van der Waals surface area (Å²) >= 11 is 3.29. The van der Waals surface area contributed by atoms with Gasteiger partial charge in [-0.25, -0.2) is 8.42 Å². The van der Waals surface area contributed by atoms with Gasteiger partial charge in [-0.1, -0.05) is 15.9 Å². The molecule has 1 aromatic rings. The van der Waals surface area contributed by atoms with E-state index >= 15 is 0 Å². The number of ether oxygens (including phenoxy) is 1. The van der Waals surface area contributed by atoms with E-state index in [-0.39, 0.29) is 5.60 Å². The Morgan fingerprint density at radius 3 is 2.09 bits per heavy atom. The molecule has 1 N–H and O–H groups in total. The number of nitrogens with one attached hydrogen (secondary N) is 1. The van der Waals surface area contributed by atoms with Gasteiger partial charge in [-0.3, -0.25) is 4.79 Å². The molecule has 1 heterocycles. The molecular formula is C15H23BrN2O4S. The molecule has 0 unspecified atom stereocenters. The Bertz CT molecular complexity index is 591. The Labute approximate surface area is 146 Å². The third-order valence-corrected chi connectivity index (χ3v) is 5.37. The summed E-state index contributed by atoms with van der Waals surface area (Å²) in [6.45, 7) is 8.44. The van der Waals surface area contributed by atoms with Gasteiger partial charge >= 0.3 is 0 Å². The summed E-state index contributed by atoms with van der Waals surface area (Å²) in [7, 11) is -3.31. The van der Waals surface area contributed by atoms with Crippen LogP contribution in [-0.4, -0.2) is 51.0 Å². The van der Waals surface area contributed by atoms with E-state index in [2.05, 4.69) is 26.0 Å². The zero-order valence-electron chi connectivity index (χ0n) is 13.6. The summed E-state index contributed by atoms with van der Waals surface area (Å²) in [5.74, 6) is 0. The van der Waals surface area contributed by atoms with Gasteiger partial charge in [0.15, 0.2) is 0 Å². The molecule has 0 spiro atoms. The zero-order valence-corrected chi connectivity index (χ0v) is 16.0. The molecule has 6 nitrogen and oxygen atoms in total. The standard InChI is InChI=1S/C10H13BrN2O2S.C5H10O2/c11-9-1-3-10(4-2-9)16(14,15)13-7-5-12-6-8-13;1-5(2,3)7-4-6/h1-4,12H,5-8H2;4H,1-3H3. The number of carbonyl (C=O) groups excluding carboxylic acids is 1. The molecule has 1 fully saturated rings. The lowest BCUT2D eigenvalue weighted by Crippen LogP contribution is -2.46. The van der Waals surface area contributed by atoms with Gasteiger partial charge in [0.05, 0.1) is 4.90 Å². The van der Waals surface area contributed by atoms with Crippen molar-refractivity contribution in [3.8, 4) is 0 Å². The van der Waals surface area contributed by atoms with Crippen molar-refractivity contribution in [2.75, 3.05) is 26.2 Å². The zero-order chi connectivity index (χ0) is 17.5. The van der Waals surface area contributed by atoms with Crippen molar-refractivity contribution >= 4 is 32.4 Å². The summed E-state index contributed by atoms with van der Waals surface area (Å²) in [5.41, 5.74) is -0.318. The number of nitrogens with zero attached hydrogens (tertiary/aromatic N) is 1. The van der Waals surface area contributed by atoms with Gasteiger partial charge in [0, 0.05) is 30.7 Å². The molecule has 23 heavy (non-hydrogen) atoms. The normalized spacial score (nSPS) is 16.2. The van der Waals surface area contributed by atoms with Gasteiger partial charge in [-0.2, -0.15) is 4.31 Å². The fourth-order valence-electron chi connectivity index (χ4n) is 1.78. The van der Waals surface area contributed by atoms with E-state index in [4.69, 9.17) is 0 Å². The molecule has 0 radical (unpaired) electrons. The highest BCUT2D eigenvalue weighted by molar-refractivity contribution is 9.10. The fraction of sp³-hybridized carbons (Fsp3) is 0.533. The maximum atomic E-state index is 12.2. The molecule has 0 aliphatic carbocycles. The SMILES string of the molecule is CC(C)(C)OC=O.O=S(=O)(c1ccc(Br)cc1)N1CCNCC1. The molecule has 0 atom stereocenters. The Hall–Kier alpha value is -0.960. The highest BCUT2D eigenvalue weighted by Gasteiger charge is 2.25. The average molecular weight is 407 g/mol.